The lowest BCUT2D eigenvalue weighted by Crippen LogP contribution is -2.48. The molecule has 1 aliphatic rings. The molecule has 168 valence electrons. The van der Waals surface area contributed by atoms with Gasteiger partial charge in [0.25, 0.3) is 5.91 Å². The smallest absolute Gasteiger partial charge is 0.272 e. The maximum absolute atomic E-state index is 13.6. The number of carbonyl (C=O) groups is 1. The van der Waals surface area contributed by atoms with Gasteiger partial charge in [-0.2, -0.15) is 5.10 Å². The fourth-order valence-electron chi connectivity index (χ4n) is 4.00. The summed E-state index contributed by atoms with van der Waals surface area (Å²) in [5.41, 5.74) is 2.97. The number of piperazine rings is 1. The average molecular weight is 481 g/mol. The molecule has 3 heterocycles. The van der Waals surface area contributed by atoms with E-state index in [2.05, 4.69) is 34.3 Å². The lowest BCUT2D eigenvalue weighted by atomic mass is 10.2. The third-order valence-corrected chi connectivity index (χ3v) is 6.50. The van der Waals surface area contributed by atoms with Gasteiger partial charge in [-0.25, -0.2) is 4.68 Å². The minimum Gasteiger partial charge on any atom is -0.463 e. The summed E-state index contributed by atoms with van der Waals surface area (Å²) in [7, 11) is 0. The number of nitrogens with zero attached hydrogens (tertiary/aromatic N) is 4. The second-order valence-electron chi connectivity index (χ2n) is 7.96. The van der Waals surface area contributed by atoms with Crippen molar-refractivity contribution in [1.82, 2.24) is 19.6 Å². The Bertz CT molecular complexity index is 1250. The minimum atomic E-state index is -0.0780. The van der Waals surface area contributed by atoms with Crippen LogP contribution in [0.15, 0.2) is 77.4 Å². The molecule has 0 saturated carbocycles. The molecule has 0 aliphatic carbocycles. The van der Waals surface area contributed by atoms with Crippen molar-refractivity contribution in [3.05, 3.63) is 94.3 Å². The molecule has 33 heavy (non-hydrogen) atoms. The highest BCUT2D eigenvalue weighted by Crippen LogP contribution is 2.28. The van der Waals surface area contributed by atoms with E-state index in [1.807, 2.05) is 17.0 Å². The van der Waals surface area contributed by atoms with Crippen LogP contribution in [0, 0.1) is 0 Å². The van der Waals surface area contributed by atoms with E-state index < -0.39 is 0 Å². The number of hydrogen-bond donors (Lipinski definition) is 0. The number of hydrogen-bond acceptors (Lipinski definition) is 4. The highest BCUT2D eigenvalue weighted by Gasteiger charge is 2.27. The van der Waals surface area contributed by atoms with Crippen LogP contribution in [-0.4, -0.2) is 51.7 Å². The van der Waals surface area contributed by atoms with Crippen molar-refractivity contribution in [3.8, 4) is 17.1 Å². The van der Waals surface area contributed by atoms with E-state index in [4.69, 9.17) is 27.6 Å². The Morgan fingerprint density at radius 2 is 1.70 bits per heavy atom. The van der Waals surface area contributed by atoms with Crippen LogP contribution in [0.4, 0.5) is 0 Å². The van der Waals surface area contributed by atoms with E-state index in [9.17, 15) is 4.79 Å². The van der Waals surface area contributed by atoms with Gasteiger partial charge >= 0.3 is 0 Å². The highest BCUT2D eigenvalue weighted by atomic mass is 35.5. The first-order chi connectivity index (χ1) is 16.1. The van der Waals surface area contributed by atoms with E-state index >= 15 is 0 Å². The van der Waals surface area contributed by atoms with Crippen molar-refractivity contribution in [2.24, 2.45) is 0 Å². The Morgan fingerprint density at radius 3 is 2.39 bits per heavy atom. The number of aromatic nitrogens is 2. The first-order valence-electron chi connectivity index (χ1n) is 10.7. The number of rotatable bonds is 5. The van der Waals surface area contributed by atoms with Gasteiger partial charge in [-0.15, -0.1) is 0 Å². The maximum Gasteiger partial charge on any atom is 0.272 e. The van der Waals surface area contributed by atoms with Gasteiger partial charge in [0.05, 0.1) is 22.0 Å². The molecule has 0 spiro atoms. The van der Waals surface area contributed by atoms with Crippen molar-refractivity contribution in [3.63, 3.8) is 0 Å². The number of carbonyl (C=O) groups excluding carboxylic acids is 1. The van der Waals surface area contributed by atoms with E-state index in [0.29, 0.717) is 46.0 Å². The standard InChI is InChI=1S/C25H22Cl2N4O2/c26-20-9-8-19(15-21(20)27)31-23(16-22(28-31)24-7-4-14-33-24)25(32)30-12-10-29(11-13-30)17-18-5-2-1-3-6-18/h1-9,14-16H,10-13,17H2. The Balaban J connectivity index is 1.38. The second kappa shape index (κ2) is 9.43. The lowest BCUT2D eigenvalue weighted by molar-refractivity contribution is 0.0619. The Morgan fingerprint density at radius 1 is 0.909 bits per heavy atom. The molecule has 1 saturated heterocycles. The summed E-state index contributed by atoms with van der Waals surface area (Å²) in [6.07, 6.45) is 1.58. The fourth-order valence-corrected chi connectivity index (χ4v) is 4.30. The second-order valence-corrected chi connectivity index (χ2v) is 8.77. The van der Waals surface area contributed by atoms with E-state index in [-0.39, 0.29) is 5.91 Å². The average Bonchev–Trinajstić information content (AvgIpc) is 3.52. The predicted octanol–water partition coefficient (Wildman–Crippen LogP) is 5.40. The van der Waals surface area contributed by atoms with Gasteiger partial charge in [0, 0.05) is 38.8 Å². The third kappa shape index (κ3) is 4.69. The summed E-state index contributed by atoms with van der Waals surface area (Å²) >= 11 is 12.3. The molecule has 6 nitrogen and oxygen atoms in total. The molecule has 2 aromatic carbocycles. The molecule has 2 aromatic heterocycles. The molecule has 0 bridgehead atoms. The topological polar surface area (TPSA) is 54.5 Å². The zero-order chi connectivity index (χ0) is 22.8. The summed E-state index contributed by atoms with van der Waals surface area (Å²) in [6.45, 7) is 3.80. The van der Waals surface area contributed by atoms with Gasteiger partial charge in [0.15, 0.2) is 5.76 Å². The van der Waals surface area contributed by atoms with Crippen LogP contribution >= 0.6 is 23.2 Å². The fraction of sp³-hybridized carbons (Fsp3) is 0.200. The van der Waals surface area contributed by atoms with Crippen LogP contribution < -0.4 is 0 Å². The van der Waals surface area contributed by atoms with Gasteiger partial charge in [-0.1, -0.05) is 53.5 Å². The molecule has 1 fully saturated rings. The number of benzene rings is 2. The van der Waals surface area contributed by atoms with Crippen molar-refractivity contribution >= 4 is 29.1 Å². The van der Waals surface area contributed by atoms with Crippen molar-refractivity contribution in [2.75, 3.05) is 26.2 Å². The van der Waals surface area contributed by atoms with Crippen LogP contribution in [0.1, 0.15) is 16.1 Å². The number of furan rings is 1. The summed E-state index contributed by atoms with van der Waals surface area (Å²) in [6, 6.07) is 21.0. The molecule has 0 radical (unpaired) electrons. The molecule has 8 heteroatoms. The zero-order valence-electron chi connectivity index (χ0n) is 17.8. The highest BCUT2D eigenvalue weighted by molar-refractivity contribution is 6.42. The van der Waals surface area contributed by atoms with E-state index in [0.717, 1.165) is 19.6 Å². The Hall–Kier alpha value is -3.06. The predicted molar refractivity (Wildman–Crippen MR) is 129 cm³/mol. The molecule has 5 rings (SSSR count). The largest absolute Gasteiger partial charge is 0.463 e. The molecule has 1 aliphatic heterocycles. The van der Waals surface area contributed by atoms with E-state index in [1.165, 1.54) is 5.56 Å². The maximum atomic E-state index is 13.6. The summed E-state index contributed by atoms with van der Waals surface area (Å²) in [4.78, 5) is 17.8. The monoisotopic (exact) mass is 480 g/mol. The van der Waals surface area contributed by atoms with Gasteiger partial charge in [-0.3, -0.25) is 9.69 Å². The SMILES string of the molecule is O=C(c1cc(-c2ccco2)nn1-c1ccc(Cl)c(Cl)c1)N1CCN(Cc2ccccc2)CC1. The van der Waals surface area contributed by atoms with Crippen LogP contribution in [0.3, 0.4) is 0 Å². The number of amides is 1. The van der Waals surface area contributed by atoms with Crippen LogP contribution in [0.25, 0.3) is 17.1 Å². The third-order valence-electron chi connectivity index (χ3n) is 5.76. The van der Waals surface area contributed by atoms with Crippen LogP contribution in [0.5, 0.6) is 0 Å². The molecule has 4 aromatic rings. The first-order valence-corrected chi connectivity index (χ1v) is 11.5. The van der Waals surface area contributed by atoms with Crippen molar-refractivity contribution < 1.29 is 9.21 Å². The van der Waals surface area contributed by atoms with Gasteiger partial charge in [0.1, 0.15) is 11.4 Å². The molecule has 0 N–H and O–H groups in total. The van der Waals surface area contributed by atoms with Crippen LogP contribution in [-0.2, 0) is 6.54 Å². The van der Waals surface area contributed by atoms with E-state index in [1.54, 1.807) is 41.3 Å². The lowest BCUT2D eigenvalue weighted by Gasteiger charge is -2.34. The number of halogens is 2. The molecule has 1 amide bonds. The van der Waals surface area contributed by atoms with Gasteiger partial charge in [-0.05, 0) is 35.9 Å². The molecule has 0 atom stereocenters. The normalized spacial score (nSPS) is 14.5. The first kappa shape index (κ1) is 21.8. The molecular weight excluding hydrogens is 459 g/mol. The zero-order valence-corrected chi connectivity index (χ0v) is 19.3. The summed E-state index contributed by atoms with van der Waals surface area (Å²) < 4.78 is 7.12. The minimum absolute atomic E-state index is 0.0780. The van der Waals surface area contributed by atoms with Gasteiger partial charge in [0.2, 0.25) is 0 Å². The van der Waals surface area contributed by atoms with Crippen molar-refractivity contribution in [1.29, 1.82) is 0 Å². The van der Waals surface area contributed by atoms with Crippen LogP contribution in [0.2, 0.25) is 10.0 Å². The summed E-state index contributed by atoms with van der Waals surface area (Å²) in [5.74, 6) is 0.515. The molecule has 0 unspecified atom stereocenters. The van der Waals surface area contributed by atoms with Gasteiger partial charge < -0.3 is 9.32 Å². The Kier molecular flexibility index (Phi) is 6.22. The molecular formula is C25H22Cl2N4O2. The Labute approximate surface area is 201 Å². The van der Waals surface area contributed by atoms with Crippen molar-refractivity contribution in [2.45, 2.75) is 6.54 Å². The summed E-state index contributed by atoms with van der Waals surface area (Å²) in [5, 5.41) is 5.49. The quantitative estimate of drug-likeness (QED) is 0.383.